The summed E-state index contributed by atoms with van der Waals surface area (Å²) in [5.74, 6) is -0.598. The van der Waals surface area contributed by atoms with Gasteiger partial charge in [0.1, 0.15) is 5.52 Å². The Morgan fingerprint density at radius 2 is 1.76 bits per heavy atom. The zero-order valence-electron chi connectivity index (χ0n) is 17.5. The molecule has 2 heterocycles. The van der Waals surface area contributed by atoms with Crippen molar-refractivity contribution in [1.29, 1.82) is 0 Å². The van der Waals surface area contributed by atoms with Crippen LogP contribution >= 0.6 is 11.6 Å². The molecule has 3 aromatic rings. The maximum absolute atomic E-state index is 12.6. The zero-order chi connectivity index (χ0) is 23.2. The lowest BCUT2D eigenvalue weighted by Gasteiger charge is -2.27. The predicted molar refractivity (Wildman–Crippen MR) is 118 cm³/mol. The zero-order valence-corrected chi connectivity index (χ0v) is 19.1. The Balaban J connectivity index is 1.17. The second-order valence-corrected chi connectivity index (χ2v) is 10.6. The largest absolute Gasteiger partial charge is 0.440 e. The van der Waals surface area contributed by atoms with E-state index < -0.39 is 26.9 Å². The number of benzene rings is 1. The van der Waals surface area contributed by atoms with Crippen molar-refractivity contribution in [3.8, 4) is 0 Å². The van der Waals surface area contributed by atoms with Gasteiger partial charge in [0, 0.05) is 22.9 Å². The van der Waals surface area contributed by atoms with E-state index >= 15 is 0 Å². The summed E-state index contributed by atoms with van der Waals surface area (Å²) in [6.45, 7) is 0. The molecule has 0 spiro atoms. The standard InChI is InChI=1S/C22H22ClN3O6S/c23-14-5-8-17-16(11-14)25-22(32-17)13-3-6-15(7-4-13)24-21(28)18-9-10-19(31-18)33(29,30)26-20(27)12-1-2-12/h5,8-13,15H,1-4,6-7H2,(H,24,28)(H,26,27). The van der Waals surface area contributed by atoms with Gasteiger partial charge in [-0.3, -0.25) is 9.59 Å². The van der Waals surface area contributed by atoms with Crippen LogP contribution in [0.1, 0.15) is 60.9 Å². The van der Waals surface area contributed by atoms with E-state index in [1.807, 2.05) is 4.72 Å². The maximum Gasteiger partial charge on any atom is 0.297 e. The molecule has 5 rings (SSSR count). The van der Waals surface area contributed by atoms with Crippen LogP contribution < -0.4 is 10.0 Å². The highest BCUT2D eigenvalue weighted by Gasteiger charge is 2.34. The van der Waals surface area contributed by atoms with Gasteiger partial charge < -0.3 is 14.2 Å². The van der Waals surface area contributed by atoms with Crippen molar-refractivity contribution in [2.45, 2.75) is 55.6 Å². The number of nitrogens with zero attached hydrogens (tertiary/aromatic N) is 1. The van der Waals surface area contributed by atoms with Gasteiger partial charge in [0.25, 0.3) is 15.9 Å². The third-order valence-corrected chi connectivity index (χ3v) is 7.49. The van der Waals surface area contributed by atoms with Crippen LogP contribution in [-0.4, -0.2) is 31.3 Å². The molecule has 2 aliphatic carbocycles. The Labute approximate surface area is 194 Å². The van der Waals surface area contributed by atoms with Crippen molar-refractivity contribution >= 4 is 44.5 Å². The van der Waals surface area contributed by atoms with Crippen LogP contribution in [0.25, 0.3) is 11.1 Å². The van der Waals surface area contributed by atoms with Gasteiger partial charge in [0.2, 0.25) is 11.0 Å². The highest BCUT2D eigenvalue weighted by atomic mass is 35.5. The van der Waals surface area contributed by atoms with E-state index in [1.165, 1.54) is 12.1 Å². The van der Waals surface area contributed by atoms with Gasteiger partial charge in [-0.15, -0.1) is 0 Å². The van der Waals surface area contributed by atoms with Gasteiger partial charge in [-0.05, 0) is 68.9 Å². The number of rotatable bonds is 6. The average Bonchev–Trinajstić information content (AvgIpc) is 3.35. The third kappa shape index (κ3) is 4.77. The first-order valence-electron chi connectivity index (χ1n) is 10.8. The molecule has 1 aromatic carbocycles. The van der Waals surface area contributed by atoms with Crippen molar-refractivity contribution in [3.63, 3.8) is 0 Å². The molecule has 9 nitrogen and oxygen atoms in total. The lowest BCUT2D eigenvalue weighted by molar-refractivity contribution is -0.120. The lowest BCUT2D eigenvalue weighted by atomic mass is 9.86. The fraction of sp³-hybridized carbons (Fsp3) is 0.409. The summed E-state index contributed by atoms with van der Waals surface area (Å²) in [7, 11) is -4.13. The molecule has 0 atom stereocenters. The summed E-state index contributed by atoms with van der Waals surface area (Å²) in [5.41, 5.74) is 1.42. The fourth-order valence-corrected chi connectivity index (χ4v) is 5.18. The Morgan fingerprint density at radius 1 is 1.00 bits per heavy atom. The minimum Gasteiger partial charge on any atom is -0.440 e. The number of oxazole rings is 1. The fourth-order valence-electron chi connectivity index (χ4n) is 4.03. The van der Waals surface area contributed by atoms with E-state index in [2.05, 4.69) is 10.3 Å². The number of hydrogen-bond acceptors (Lipinski definition) is 7. The minimum absolute atomic E-state index is 0.0766. The molecule has 2 saturated carbocycles. The molecule has 2 amide bonds. The van der Waals surface area contributed by atoms with Crippen LogP contribution in [-0.2, 0) is 14.8 Å². The number of sulfonamides is 1. The van der Waals surface area contributed by atoms with Gasteiger partial charge in [-0.25, -0.2) is 9.71 Å². The Bertz CT molecular complexity index is 1320. The molecule has 0 bridgehead atoms. The van der Waals surface area contributed by atoms with Crippen molar-refractivity contribution < 1.29 is 26.8 Å². The van der Waals surface area contributed by atoms with E-state index in [4.69, 9.17) is 20.4 Å². The van der Waals surface area contributed by atoms with Gasteiger partial charge in [-0.1, -0.05) is 11.6 Å². The molecule has 0 radical (unpaired) electrons. The summed E-state index contributed by atoms with van der Waals surface area (Å²) in [6.07, 6.45) is 4.37. The van der Waals surface area contributed by atoms with E-state index in [9.17, 15) is 18.0 Å². The van der Waals surface area contributed by atoms with Crippen molar-refractivity contribution in [2.75, 3.05) is 0 Å². The molecule has 2 aliphatic rings. The van der Waals surface area contributed by atoms with E-state index in [1.54, 1.807) is 18.2 Å². The second-order valence-electron chi connectivity index (χ2n) is 8.55. The number of hydrogen-bond donors (Lipinski definition) is 2. The topological polar surface area (TPSA) is 132 Å². The summed E-state index contributed by atoms with van der Waals surface area (Å²) in [5, 5.41) is 3.04. The van der Waals surface area contributed by atoms with Crippen molar-refractivity contribution in [1.82, 2.24) is 15.0 Å². The number of nitrogens with one attached hydrogen (secondary N) is 2. The van der Waals surface area contributed by atoms with E-state index in [0.29, 0.717) is 29.3 Å². The molecular weight excluding hydrogens is 470 g/mol. The first-order chi connectivity index (χ1) is 15.8. The number of aromatic nitrogens is 1. The van der Waals surface area contributed by atoms with E-state index in [-0.39, 0.29) is 23.6 Å². The summed E-state index contributed by atoms with van der Waals surface area (Å²) >= 11 is 6.01. The SMILES string of the molecule is O=C(NC1CCC(c2nc3cc(Cl)ccc3o2)CC1)c1ccc(S(=O)(=O)NC(=O)C2CC2)o1. The summed E-state index contributed by atoms with van der Waals surface area (Å²) < 4.78 is 37.6. The van der Waals surface area contributed by atoms with Crippen LogP contribution in [0.5, 0.6) is 0 Å². The average molecular weight is 492 g/mol. The first-order valence-corrected chi connectivity index (χ1v) is 12.7. The molecule has 0 unspecified atom stereocenters. The minimum atomic E-state index is -4.13. The normalized spacial score (nSPS) is 21.1. The number of carbonyl (C=O) groups is 2. The number of halogens is 1. The highest BCUT2D eigenvalue weighted by molar-refractivity contribution is 7.89. The van der Waals surface area contributed by atoms with Gasteiger partial charge >= 0.3 is 0 Å². The molecule has 11 heteroatoms. The summed E-state index contributed by atoms with van der Waals surface area (Å²) in [6, 6.07) is 7.72. The van der Waals surface area contributed by atoms with Crippen LogP contribution in [0.15, 0.2) is 44.3 Å². The predicted octanol–water partition coefficient (Wildman–Crippen LogP) is 3.75. The number of amides is 2. The number of fused-ring (bicyclic) bond motifs is 1. The smallest absolute Gasteiger partial charge is 0.297 e. The number of carbonyl (C=O) groups excluding carboxylic acids is 2. The van der Waals surface area contributed by atoms with Gasteiger partial charge in [0.15, 0.2) is 17.2 Å². The Morgan fingerprint density at radius 3 is 2.48 bits per heavy atom. The van der Waals surface area contributed by atoms with Crippen molar-refractivity contribution in [3.05, 3.63) is 47.0 Å². The monoisotopic (exact) mass is 491 g/mol. The van der Waals surface area contributed by atoms with Crippen molar-refractivity contribution in [2.24, 2.45) is 5.92 Å². The first kappa shape index (κ1) is 22.0. The maximum atomic E-state index is 12.6. The van der Waals surface area contributed by atoms with E-state index in [0.717, 1.165) is 31.2 Å². The Hall–Kier alpha value is -2.85. The molecule has 33 heavy (non-hydrogen) atoms. The van der Waals surface area contributed by atoms with Crippen LogP contribution in [0.2, 0.25) is 5.02 Å². The quantitative estimate of drug-likeness (QED) is 0.536. The lowest BCUT2D eigenvalue weighted by Crippen LogP contribution is -2.37. The molecular formula is C22H22ClN3O6S. The molecule has 0 saturated heterocycles. The van der Waals surface area contributed by atoms with Crippen LogP contribution in [0.3, 0.4) is 0 Å². The van der Waals surface area contributed by atoms with Crippen LogP contribution in [0, 0.1) is 5.92 Å². The molecule has 2 fully saturated rings. The van der Waals surface area contributed by atoms with Gasteiger partial charge in [-0.2, -0.15) is 8.42 Å². The molecule has 2 aromatic heterocycles. The van der Waals surface area contributed by atoms with Crippen LogP contribution in [0.4, 0.5) is 0 Å². The molecule has 2 N–H and O–H groups in total. The highest BCUT2D eigenvalue weighted by Crippen LogP contribution is 2.34. The third-order valence-electron chi connectivity index (χ3n) is 6.03. The summed E-state index contributed by atoms with van der Waals surface area (Å²) in [4.78, 5) is 28.9. The molecule has 174 valence electrons. The molecule has 0 aliphatic heterocycles. The second kappa shape index (κ2) is 8.49. The number of furan rings is 1. The van der Waals surface area contributed by atoms with Gasteiger partial charge in [0.05, 0.1) is 0 Å². The Kier molecular flexibility index (Phi) is 5.65.